The second kappa shape index (κ2) is 11.6. The molecule has 224 valence electrons. The Balaban J connectivity index is 0.996. The molecular formula is C34H42N8O. The van der Waals surface area contributed by atoms with Crippen molar-refractivity contribution in [3.8, 4) is 0 Å². The van der Waals surface area contributed by atoms with Gasteiger partial charge in [0.15, 0.2) is 0 Å². The second-order valence-electron chi connectivity index (χ2n) is 13.0. The van der Waals surface area contributed by atoms with Gasteiger partial charge in [-0.3, -0.25) is 9.69 Å². The van der Waals surface area contributed by atoms with E-state index in [1.807, 2.05) is 24.5 Å². The molecule has 2 aliphatic heterocycles. The van der Waals surface area contributed by atoms with Gasteiger partial charge in [0, 0.05) is 69.8 Å². The topological polar surface area (TPSA) is 82.4 Å². The van der Waals surface area contributed by atoms with E-state index in [0.29, 0.717) is 17.1 Å². The van der Waals surface area contributed by atoms with Crippen LogP contribution in [0.4, 0.5) is 17.5 Å². The van der Waals surface area contributed by atoms with Crippen LogP contribution < -0.4 is 10.2 Å². The average Bonchev–Trinajstić information content (AvgIpc) is 3.78. The number of para-hydroxylation sites is 1. The van der Waals surface area contributed by atoms with E-state index < -0.39 is 0 Å². The van der Waals surface area contributed by atoms with Crippen molar-refractivity contribution >= 4 is 34.4 Å². The number of pyridine rings is 1. The van der Waals surface area contributed by atoms with Gasteiger partial charge in [-0.25, -0.2) is 9.97 Å². The molecule has 9 nitrogen and oxygen atoms in total. The SMILES string of the molecule is CN(C)C(=O)c1cc2cnc(Nc3ccc(CN4CCC5(CCN(c6ccccc6)CC5)C4)cn3)nc2n1C1CCCC1. The summed E-state index contributed by atoms with van der Waals surface area (Å²) in [5, 5.41) is 4.19. The number of fused-ring (bicyclic) bond motifs is 1. The zero-order valence-corrected chi connectivity index (χ0v) is 25.4. The second-order valence-corrected chi connectivity index (χ2v) is 13.0. The molecule has 1 aliphatic carbocycles. The van der Waals surface area contributed by atoms with Crippen molar-refractivity contribution in [1.29, 1.82) is 0 Å². The van der Waals surface area contributed by atoms with Crippen LogP contribution in [0.25, 0.3) is 11.0 Å². The van der Waals surface area contributed by atoms with Crippen molar-refractivity contribution in [3.05, 3.63) is 72.2 Å². The summed E-state index contributed by atoms with van der Waals surface area (Å²) in [5.41, 5.74) is 4.52. The maximum absolute atomic E-state index is 13.0. The zero-order chi connectivity index (χ0) is 29.4. The highest BCUT2D eigenvalue weighted by atomic mass is 16.2. The van der Waals surface area contributed by atoms with E-state index >= 15 is 0 Å². The van der Waals surface area contributed by atoms with Crippen LogP contribution in [0, 0.1) is 5.41 Å². The molecule has 3 aliphatic rings. The number of aromatic nitrogens is 4. The first-order valence-electron chi connectivity index (χ1n) is 15.8. The van der Waals surface area contributed by atoms with E-state index in [-0.39, 0.29) is 11.9 Å². The molecule has 1 aromatic carbocycles. The third kappa shape index (κ3) is 5.70. The molecule has 1 amide bonds. The zero-order valence-electron chi connectivity index (χ0n) is 25.4. The van der Waals surface area contributed by atoms with Crippen LogP contribution >= 0.6 is 0 Å². The number of hydrogen-bond acceptors (Lipinski definition) is 7. The fourth-order valence-electron chi connectivity index (χ4n) is 7.41. The summed E-state index contributed by atoms with van der Waals surface area (Å²) in [7, 11) is 3.59. The van der Waals surface area contributed by atoms with Gasteiger partial charge in [0.1, 0.15) is 17.2 Å². The Hall–Kier alpha value is -3.98. The van der Waals surface area contributed by atoms with E-state index in [1.54, 1.807) is 19.0 Å². The van der Waals surface area contributed by atoms with Crippen LogP contribution in [0.15, 0.2) is 60.9 Å². The standard InChI is InChI=1S/C34H42N8O/c1-39(2)32(43)29-20-26-22-36-33(38-31(26)42(29)28-10-6-7-11-28)37-30-13-12-25(21-35-30)23-40-17-14-34(24-40)15-18-41(19-16-34)27-8-4-3-5-9-27/h3-5,8-9,12-13,20-22,28H,6-7,10-11,14-19,23-24H2,1-2H3,(H,35,36,37,38). The van der Waals surface area contributed by atoms with E-state index in [0.717, 1.165) is 55.9 Å². The maximum atomic E-state index is 13.0. The van der Waals surface area contributed by atoms with Crippen LogP contribution in [0.1, 0.15) is 67.0 Å². The van der Waals surface area contributed by atoms with Gasteiger partial charge in [-0.2, -0.15) is 4.98 Å². The Labute approximate surface area is 253 Å². The number of carbonyl (C=O) groups excluding carboxylic acids is 1. The Morgan fingerprint density at radius 1 is 0.977 bits per heavy atom. The molecule has 0 bridgehead atoms. The number of rotatable bonds is 7. The quantitative estimate of drug-likeness (QED) is 0.293. The molecule has 7 rings (SSSR count). The molecule has 1 spiro atoms. The van der Waals surface area contributed by atoms with Crippen molar-refractivity contribution in [3.63, 3.8) is 0 Å². The van der Waals surface area contributed by atoms with Crippen LogP contribution in [0.2, 0.25) is 0 Å². The average molecular weight is 579 g/mol. The van der Waals surface area contributed by atoms with Crippen LogP contribution in [-0.4, -0.2) is 75.5 Å². The van der Waals surface area contributed by atoms with E-state index in [9.17, 15) is 4.79 Å². The molecule has 5 heterocycles. The highest BCUT2D eigenvalue weighted by Gasteiger charge is 2.40. The lowest BCUT2D eigenvalue weighted by atomic mass is 9.77. The van der Waals surface area contributed by atoms with Crippen molar-refractivity contribution in [2.24, 2.45) is 5.41 Å². The van der Waals surface area contributed by atoms with Crippen molar-refractivity contribution in [2.75, 3.05) is 50.5 Å². The first-order valence-corrected chi connectivity index (χ1v) is 15.8. The Morgan fingerprint density at radius 3 is 2.47 bits per heavy atom. The van der Waals surface area contributed by atoms with Crippen molar-refractivity contribution < 1.29 is 4.79 Å². The number of likely N-dealkylation sites (tertiary alicyclic amines) is 1. The first-order chi connectivity index (χ1) is 21.0. The lowest BCUT2D eigenvalue weighted by molar-refractivity contribution is 0.0815. The summed E-state index contributed by atoms with van der Waals surface area (Å²) >= 11 is 0. The number of nitrogens with one attached hydrogen (secondary N) is 1. The van der Waals surface area contributed by atoms with Crippen LogP contribution in [0.3, 0.4) is 0 Å². The number of hydrogen-bond donors (Lipinski definition) is 1. The summed E-state index contributed by atoms with van der Waals surface area (Å²) in [6.45, 7) is 5.54. The molecule has 9 heteroatoms. The van der Waals surface area contributed by atoms with Gasteiger partial charge < -0.3 is 19.7 Å². The predicted molar refractivity (Wildman–Crippen MR) is 171 cm³/mol. The number of benzene rings is 1. The largest absolute Gasteiger partial charge is 0.371 e. The minimum Gasteiger partial charge on any atom is -0.371 e. The fourth-order valence-corrected chi connectivity index (χ4v) is 7.41. The molecule has 1 N–H and O–H groups in total. The lowest BCUT2D eigenvalue weighted by Gasteiger charge is -2.40. The van der Waals surface area contributed by atoms with Gasteiger partial charge in [0.2, 0.25) is 5.95 Å². The molecule has 0 unspecified atom stereocenters. The van der Waals surface area contributed by atoms with Gasteiger partial charge in [0.25, 0.3) is 5.91 Å². The van der Waals surface area contributed by atoms with Gasteiger partial charge in [-0.15, -0.1) is 0 Å². The Kier molecular flexibility index (Phi) is 7.51. The minimum absolute atomic E-state index is 0.00164. The van der Waals surface area contributed by atoms with E-state index in [4.69, 9.17) is 9.97 Å². The smallest absolute Gasteiger partial charge is 0.270 e. The molecule has 3 fully saturated rings. The van der Waals surface area contributed by atoms with Crippen molar-refractivity contribution in [1.82, 2.24) is 29.3 Å². The third-order valence-corrected chi connectivity index (χ3v) is 9.82. The molecule has 4 aromatic rings. The highest BCUT2D eigenvalue weighted by molar-refractivity contribution is 5.97. The van der Waals surface area contributed by atoms with Crippen LogP contribution in [0.5, 0.6) is 0 Å². The van der Waals surface area contributed by atoms with Crippen LogP contribution in [-0.2, 0) is 6.54 Å². The number of nitrogens with zero attached hydrogens (tertiary/aromatic N) is 7. The molecule has 0 atom stereocenters. The normalized spacial score (nSPS) is 19.0. The number of carbonyl (C=O) groups is 1. The molecule has 43 heavy (non-hydrogen) atoms. The molecule has 0 radical (unpaired) electrons. The first kappa shape index (κ1) is 27.8. The van der Waals surface area contributed by atoms with Gasteiger partial charge >= 0.3 is 0 Å². The summed E-state index contributed by atoms with van der Waals surface area (Å²) in [4.78, 5) is 33.9. The Bertz CT molecular complexity index is 1570. The maximum Gasteiger partial charge on any atom is 0.270 e. The fraction of sp³-hybridized carbons (Fsp3) is 0.471. The predicted octanol–water partition coefficient (Wildman–Crippen LogP) is 5.88. The molecule has 2 saturated heterocycles. The summed E-state index contributed by atoms with van der Waals surface area (Å²) in [5.74, 6) is 1.22. The summed E-state index contributed by atoms with van der Waals surface area (Å²) in [6, 6.07) is 17.2. The van der Waals surface area contributed by atoms with Gasteiger partial charge in [-0.1, -0.05) is 37.1 Å². The minimum atomic E-state index is -0.00164. The van der Waals surface area contributed by atoms with E-state index in [1.165, 1.54) is 49.9 Å². The molecular weight excluding hydrogens is 536 g/mol. The van der Waals surface area contributed by atoms with E-state index in [2.05, 4.69) is 61.1 Å². The summed E-state index contributed by atoms with van der Waals surface area (Å²) < 4.78 is 2.14. The van der Waals surface area contributed by atoms with Gasteiger partial charge in [-0.05, 0) is 73.9 Å². The Morgan fingerprint density at radius 2 is 1.74 bits per heavy atom. The summed E-state index contributed by atoms with van der Waals surface area (Å²) in [6.07, 6.45) is 12.1. The number of piperidine rings is 1. The lowest BCUT2D eigenvalue weighted by Crippen LogP contribution is -2.41. The number of amides is 1. The number of anilines is 3. The monoisotopic (exact) mass is 578 g/mol. The van der Waals surface area contributed by atoms with Gasteiger partial charge in [0.05, 0.1) is 0 Å². The molecule has 1 saturated carbocycles. The third-order valence-electron chi connectivity index (χ3n) is 9.82. The highest BCUT2D eigenvalue weighted by Crippen LogP contribution is 2.42. The molecule has 3 aromatic heterocycles. The van der Waals surface area contributed by atoms with Crippen molar-refractivity contribution in [2.45, 2.75) is 57.5 Å².